The molecule has 0 spiro atoms. The lowest BCUT2D eigenvalue weighted by Crippen LogP contribution is -2.43. The monoisotopic (exact) mass is 475 g/mol. The van der Waals surface area contributed by atoms with Crippen molar-refractivity contribution in [2.24, 2.45) is 10.3 Å². The summed E-state index contributed by atoms with van der Waals surface area (Å²) < 4.78 is 29.6. The predicted octanol–water partition coefficient (Wildman–Crippen LogP) is 3.27. The van der Waals surface area contributed by atoms with Gasteiger partial charge >= 0.3 is 0 Å². The van der Waals surface area contributed by atoms with Crippen molar-refractivity contribution in [3.8, 4) is 0 Å². The summed E-state index contributed by atoms with van der Waals surface area (Å²) in [6.07, 6.45) is 1.36. The largest absolute Gasteiger partial charge is 0.355 e. The van der Waals surface area contributed by atoms with Gasteiger partial charge in [-0.25, -0.2) is 0 Å². The fraction of sp³-hybridized carbons (Fsp3) is 0.333. The molecule has 0 atom stereocenters. The van der Waals surface area contributed by atoms with Gasteiger partial charge in [-0.3, -0.25) is 4.79 Å². The second kappa shape index (κ2) is 7.91. The van der Waals surface area contributed by atoms with Crippen molar-refractivity contribution in [3.05, 3.63) is 64.1 Å². The number of halogens is 1. The summed E-state index contributed by atoms with van der Waals surface area (Å²) in [7, 11) is -1.79. The molecule has 0 aliphatic carbocycles. The molecule has 8 heteroatoms. The van der Waals surface area contributed by atoms with Crippen LogP contribution < -0.4 is 0 Å². The summed E-state index contributed by atoms with van der Waals surface area (Å²) in [4.78, 5) is 16.9. The molecule has 2 heterocycles. The van der Waals surface area contributed by atoms with Crippen molar-refractivity contribution < 1.29 is 13.2 Å². The molecule has 2 aliphatic heterocycles. The van der Waals surface area contributed by atoms with E-state index < -0.39 is 10.0 Å². The molecule has 0 unspecified atom stereocenters. The van der Waals surface area contributed by atoms with Crippen LogP contribution in [0.3, 0.4) is 0 Å². The third kappa shape index (κ3) is 3.96. The number of fused-ring (bicyclic) bond motifs is 1. The lowest BCUT2D eigenvalue weighted by Gasteiger charge is -2.34. The Kier molecular flexibility index (Phi) is 5.48. The lowest BCUT2D eigenvalue weighted by atomic mass is 9.94. The van der Waals surface area contributed by atoms with Gasteiger partial charge in [0.15, 0.2) is 5.84 Å². The molecule has 1 amide bonds. The average molecular weight is 476 g/mol. The molecule has 0 radical (unpaired) electrons. The van der Waals surface area contributed by atoms with Crippen molar-refractivity contribution >= 4 is 37.7 Å². The van der Waals surface area contributed by atoms with Crippen molar-refractivity contribution in [3.63, 3.8) is 0 Å². The summed E-state index contributed by atoms with van der Waals surface area (Å²) >= 11 is 3.53. The summed E-state index contributed by atoms with van der Waals surface area (Å²) in [6, 6.07) is 14.8. The Morgan fingerprint density at radius 3 is 2.52 bits per heavy atom. The molecule has 2 aromatic rings. The number of sulfonamides is 1. The predicted molar refractivity (Wildman–Crippen MR) is 115 cm³/mol. The first-order valence-electron chi connectivity index (χ1n) is 9.54. The maximum atomic E-state index is 12.9. The third-order valence-electron chi connectivity index (χ3n) is 5.50. The average Bonchev–Trinajstić information content (AvgIpc) is 3.00. The molecule has 4 rings (SSSR count). The van der Waals surface area contributed by atoms with Crippen LogP contribution in [-0.4, -0.2) is 50.1 Å². The van der Waals surface area contributed by atoms with Gasteiger partial charge in [-0.15, -0.1) is 4.40 Å². The van der Waals surface area contributed by atoms with E-state index in [-0.39, 0.29) is 16.7 Å². The Bertz CT molecular complexity index is 1080. The van der Waals surface area contributed by atoms with E-state index in [2.05, 4.69) is 20.3 Å². The third-order valence-corrected chi connectivity index (χ3v) is 7.60. The topological polar surface area (TPSA) is 70.1 Å². The molecule has 1 saturated heterocycles. The Labute approximate surface area is 179 Å². The summed E-state index contributed by atoms with van der Waals surface area (Å²) in [5, 5.41) is 0. The van der Waals surface area contributed by atoms with E-state index >= 15 is 0 Å². The smallest absolute Gasteiger partial charge is 0.285 e. The normalized spacial score (nSPS) is 18.3. The standard InChI is InChI=1S/C21H22BrN3O3S/c1-24(14-16-6-2-4-8-18(16)22)21(26)15-10-12-25(13-11-15)20-17-7-3-5-9-19(17)29(27,28)23-20/h2-9,15H,10-14H2,1H3. The van der Waals surface area contributed by atoms with Gasteiger partial charge in [0.1, 0.15) is 4.90 Å². The van der Waals surface area contributed by atoms with Crippen LogP contribution in [0.15, 0.2) is 62.3 Å². The Balaban J connectivity index is 1.41. The van der Waals surface area contributed by atoms with Gasteiger partial charge < -0.3 is 9.80 Å². The van der Waals surface area contributed by atoms with Gasteiger partial charge in [0.2, 0.25) is 5.91 Å². The van der Waals surface area contributed by atoms with Crippen LogP contribution in [0.1, 0.15) is 24.0 Å². The van der Waals surface area contributed by atoms with Crippen LogP contribution in [0.2, 0.25) is 0 Å². The van der Waals surface area contributed by atoms with Crippen LogP contribution in [0, 0.1) is 5.92 Å². The van der Waals surface area contributed by atoms with Crippen molar-refractivity contribution in [2.45, 2.75) is 24.3 Å². The van der Waals surface area contributed by atoms with Crippen LogP contribution in [0.4, 0.5) is 0 Å². The highest BCUT2D eigenvalue weighted by molar-refractivity contribution is 9.10. The van der Waals surface area contributed by atoms with Crippen LogP contribution >= 0.6 is 15.9 Å². The number of likely N-dealkylation sites (tertiary alicyclic amines) is 1. The van der Waals surface area contributed by atoms with Crippen LogP contribution in [-0.2, 0) is 21.4 Å². The van der Waals surface area contributed by atoms with E-state index in [1.54, 1.807) is 23.1 Å². The molecule has 6 nitrogen and oxygen atoms in total. The Morgan fingerprint density at radius 1 is 1.14 bits per heavy atom. The number of benzene rings is 2. The summed E-state index contributed by atoms with van der Waals surface area (Å²) in [6.45, 7) is 1.78. The molecular formula is C21H22BrN3O3S. The summed E-state index contributed by atoms with van der Waals surface area (Å²) in [5.41, 5.74) is 1.73. The van der Waals surface area contributed by atoms with E-state index in [9.17, 15) is 13.2 Å². The number of hydrogen-bond acceptors (Lipinski definition) is 4. The van der Waals surface area contributed by atoms with E-state index in [1.807, 2.05) is 42.3 Å². The Hall–Kier alpha value is -2.19. The van der Waals surface area contributed by atoms with Gasteiger partial charge in [0, 0.05) is 42.6 Å². The molecule has 1 fully saturated rings. The zero-order valence-corrected chi connectivity index (χ0v) is 18.5. The maximum Gasteiger partial charge on any atom is 0.285 e. The number of carbonyl (C=O) groups is 1. The molecule has 2 aliphatic rings. The van der Waals surface area contributed by atoms with E-state index in [4.69, 9.17) is 0 Å². The number of nitrogens with zero attached hydrogens (tertiary/aromatic N) is 3. The van der Waals surface area contributed by atoms with Crippen LogP contribution in [0.5, 0.6) is 0 Å². The number of hydrogen-bond donors (Lipinski definition) is 0. The number of carbonyl (C=O) groups excluding carboxylic acids is 1. The van der Waals surface area contributed by atoms with Crippen LogP contribution in [0.25, 0.3) is 0 Å². The van der Waals surface area contributed by atoms with Gasteiger partial charge in [-0.05, 0) is 36.6 Å². The Morgan fingerprint density at radius 2 is 1.79 bits per heavy atom. The van der Waals surface area contributed by atoms with E-state index in [0.29, 0.717) is 43.9 Å². The van der Waals surface area contributed by atoms with E-state index in [0.717, 1.165) is 10.0 Å². The fourth-order valence-corrected chi connectivity index (χ4v) is 5.56. The molecule has 152 valence electrons. The van der Waals surface area contributed by atoms with Crippen molar-refractivity contribution in [1.82, 2.24) is 9.80 Å². The number of rotatable bonds is 3. The maximum absolute atomic E-state index is 12.9. The summed E-state index contributed by atoms with van der Waals surface area (Å²) in [5.74, 6) is 0.572. The lowest BCUT2D eigenvalue weighted by molar-refractivity contribution is -0.136. The fourth-order valence-electron chi connectivity index (χ4n) is 3.93. The highest BCUT2D eigenvalue weighted by Gasteiger charge is 2.35. The van der Waals surface area contributed by atoms with Gasteiger partial charge in [-0.2, -0.15) is 8.42 Å². The first kappa shape index (κ1) is 20.1. The molecule has 29 heavy (non-hydrogen) atoms. The van der Waals surface area contributed by atoms with Gasteiger partial charge in [0.25, 0.3) is 10.0 Å². The number of piperidine rings is 1. The first-order valence-corrected chi connectivity index (χ1v) is 11.8. The van der Waals surface area contributed by atoms with Gasteiger partial charge in [-0.1, -0.05) is 46.3 Å². The molecule has 0 bridgehead atoms. The zero-order chi connectivity index (χ0) is 20.6. The van der Waals surface area contributed by atoms with Crippen molar-refractivity contribution in [1.29, 1.82) is 0 Å². The molecular weight excluding hydrogens is 454 g/mol. The molecule has 2 aromatic carbocycles. The quantitative estimate of drug-likeness (QED) is 0.682. The first-order chi connectivity index (χ1) is 13.9. The molecule has 0 N–H and O–H groups in total. The highest BCUT2D eigenvalue weighted by Crippen LogP contribution is 2.30. The number of amidine groups is 1. The van der Waals surface area contributed by atoms with Gasteiger partial charge in [0.05, 0.1) is 0 Å². The molecule has 0 aromatic heterocycles. The molecule has 0 saturated carbocycles. The second-order valence-corrected chi connectivity index (χ2v) is 9.86. The minimum absolute atomic E-state index is 0.0624. The van der Waals surface area contributed by atoms with Crippen molar-refractivity contribution in [2.75, 3.05) is 20.1 Å². The minimum Gasteiger partial charge on any atom is -0.355 e. The van der Waals surface area contributed by atoms with E-state index in [1.165, 1.54) is 0 Å². The number of amides is 1. The SMILES string of the molecule is CN(Cc1ccccc1Br)C(=O)C1CCN(C2=NS(=O)(=O)c3ccccc32)CC1. The zero-order valence-electron chi connectivity index (χ0n) is 16.1. The highest BCUT2D eigenvalue weighted by atomic mass is 79.9. The minimum atomic E-state index is -3.62. The second-order valence-electron chi connectivity index (χ2n) is 7.43.